The Kier molecular flexibility index (Phi) is 3.98. The van der Waals surface area contributed by atoms with E-state index in [0.29, 0.717) is 10.1 Å². The zero-order valence-corrected chi connectivity index (χ0v) is 15.6. The summed E-state index contributed by atoms with van der Waals surface area (Å²) in [5, 5.41) is 18.7. The summed E-state index contributed by atoms with van der Waals surface area (Å²) in [6.07, 6.45) is 0. The molecule has 4 N–H and O–H groups in total. The van der Waals surface area contributed by atoms with Crippen LogP contribution in [0.5, 0.6) is 0 Å². The number of nitrogen functional groups attached to an aromatic ring is 2. The van der Waals surface area contributed by atoms with Gasteiger partial charge < -0.3 is 20.3 Å². The monoisotopic (exact) mass is 410 g/mol. The van der Waals surface area contributed by atoms with Gasteiger partial charge in [-0.25, -0.2) is 9.97 Å². The van der Waals surface area contributed by atoms with Gasteiger partial charge in [-0.05, 0) is 46.4 Å². The second-order valence-corrected chi connectivity index (χ2v) is 7.42. The number of hydrogen-bond donors (Lipinski definition) is 2. The van der Waals surface area contributed by atoms with E-state index >= 15 is 0 Å². The smallest absolute Gasteiger partial charge is 0.313 e. The molecule has 0 spiro atoms. The van der Waals surface area contributed by atoms with Gasteiger partial charge in [0.25, 0.3) is 10.4 Å². The molecule has 28 heavy (non-hydrogen) atoms. The first-order valence-corrected chi connectivity index (χ1v) is 9.51. The molecule has 0 fully saturated rings. The van der Waals surface area contributed by atoms with Crippen molar-refractivity contribution >= 4 is 57.4 Å². The molecule has 0 bridgehead atoms. The maximum Gasteiger partial charge on any atom is 0.313 e. The van der Waals surface area contributed by atoms with Gasteiger partial charge in [-0.15, -0.1) is 0 Å². The lowest BCUT2D eigenvalue weighted by molar-refractivity contribution is 0.468. The Bertz CT molecular complexity index is 1220. The molecule has 10 nitrogen and oxygen atoms in total. The zero-order valence-electron chi connectivity index (χ0n) is 13.9. The summed E-state index contributed by atoms with van der Waals surface area (Å²) in [6, 6.07) is 11.9. The van der Waals surface area contributed by atoms with Crippen molar-refractivity contribution < 1.29 is 8.83 Å². The van der Waals surface area contributed by atoms with E-state index in [0.717, 1.165) is 45.3 Å². The van der Waals surface area contributed by atoms with Gasteiger partial charge in [-0.1, -0.05) is 44.7 Å². The van der Waals surface area contributed by atoms with Crippen LogP contribution in [-0.4, -0.2) is 30.4 Å². The van der Waals surface area contributed by atoms with Gasteiger partial charge in [0.05, 0.1) is 11.0 Å². The second-order valence-electron chi connectivity index (χ2n) is 5.54. The van der Waals surface area contributed by atoms with Gasteiger partial charge in [0.2, 0.25) is 0 Å². The Morgan fingerprint density at radius 3 is 1.54 bits per heavy atom. The molecule has 3 heterocycles. The summed E-state index contributed by atoms with van der Waals surface area (Å²) >= 11 is 2.29. The van der Waals surface area contributed by atoms with Crippen LogP contribution in [0.1, 0.15) is 0 Å². The number of anilines is 2. The van der Waals surface area contributed by atoms with E-state index in [2.05, 4.69) is 20.4 Å². The first-order valence-electron chi connectivity index (χ1n) is 7.88. The number of aromatic nitrogens is 6. The van der Waals surface area contributed by atoms with Crippen LogP contribution in [0, 0.1) is 0 Å². The molecule has 12 heteroatoms. The lowest BCUT2D eigenvalue weighted by atomic mass is 10.1. The molecule has 5 rings (SSSR count). The normalized spacial score (nSPS) is 11.4. The van der Waals surface area contributed by atoms with Crippen LogP contribution in [-0.2, 0) is 0 Å². The minimum absolute atomic E-state index is 0.0267. The lowest BCUT2D eigenvalue weighted by Gasteiger charge is -2.07. The molecule has 0 aliphatic carbocycles. The Morgan fingerprint density at radius 1 is 0.679 bits per heavy atom. The maximum atomic E-state index is 5.51. The van der Waals surface area contributed by atoms with E-state index in [-0.39, 0.29) is 22.5 Å². The van der Waals surface area contributed by atoms with Crippen LogP contribution in [0.4, 0.5) is 12.0 Å². The predicted octanol–water partition coefficient (Wildman–Crippen LogP) is 3.02. The Morgan fingerprint density at radius 2 is 1.14 bits per heavy atom. The highest BCUT2D eigenvalue weighted by molar-refractivity contribution is 8.02. The zero-order chi connectivity index (χ0) is 19.1. The van der Waals surface area contributed by atoms with E-state index < -0.39 is 0 Å². The van der Waals surface area contributed by atoms with Crippen LogP contribution < -0.4 is 11.5 Å². The van der Waals surface area contributed by atoms with Crippen molar-refractivity contribution in [3.63, 3.8) is 0 Å². The highest BCUT2D eigenvalue weighted by atomic mass is 32.2. The fraction of sp³-hybridized carbons (Fsp3) is 0. The van der Waals surface area contributed by atoms with Crippen molar-refractivity contribution in [1.29, 1.82) is 0 Å². The highest BCUT2D eigenvalue weighted by Crippen LogP contribution is 2.37. The SMILES string of the molecule is Nc1nnc(Sc2nc3cc4ccccc4cc3nc2Sc2nnc(N)o2)o1. The maximum absolute atomic E-state index is 5.51. The average molecular weight is 410 g/mol. The van der Waals surface area contributed by atoms with Crippen molar-refractivity contribution in [1.82, 2.24) is 30.4 Å². The number of hydrogen-bond acceptors (Lipinski definition) is 12. The van der Waals surface area contributed by atoms with Crippen LogP contribution in [0.3, 0.4) is 0 Å². The summed E-state index contributed by atoms with van der Waals surface area (Å²) in [6.45, 7) is 0. The number of rotatable bonds is 4. The summed E-state index contributed by atoms with van der Waals surface area (Å²) in [5.74, 6) is 0. The van der Waals surface area contributed by atoms with Gasteiger partial charge >= 0.3 is 12.0 Å². The summed E-state index contributed by atoms with van der Waals surface area (Å²) in [4.78, 5) is 9.45. The van der Waals surface area contributed by atoms with Crippen LogP contribution in [0.25, 0.3) is 21.8 Å². The van der Waals surface area contributed by atoms with Crippen molar-refractivity contribution in [2.45, 2.75) is 20.5 Å². The summed E-state index contributed by atoms with van der Waals surface area (Å²) in [5.41, 5.74) is 12.5. The van der Waals surface area contributed by atoms with Crippen molar-refractivity contribution in [2.24, 2.45) is 0 Å². The third kappa shape index (κ3) is 3.18. The molecule has 5 aromatic rings. The molecule has 0 radical (unpaired) electrons. The molecular formula is C16H10N8O2S2. The van der Waals surface area contributed by atoms with Gasteiger partial charge in [0.1, 0.15) is 10.1 Å². The third-order valence-corrected chi connectivity index (χ3v) is 5.45. The van der Waals surface area contributed by atoms with Crippen molar-refractivity contribution in [3.05, 3.63) is 36.4 Å². The van der Waals surface area contributed by atoms with Crippen molar-refractivity contribution in [2.75, 3.05) is 11.5 Å². The molecule has 0 amide bonds. The summed E-state index contributed by atoms with van der Waals surface area (Å²) < 4.78 is 10.5. The molecule has 0 saturated heterocycles. The van der Waals surface area contributed by atoms with Crippen LogP contribution in [0.2, 0.25) is 0 Å². The average Bonchev–Trinajstić information content (AvgIpc) is 3.28. The van der Waals surface area contributed by atoms with E-state index in [4.69, 9.17) is 30.3 Å². The molecule has 0 aliphatic heterocycles. The van der Waals surface area contributed by atoms with E-state index in [1.54, 1.807) is 0 Å². The quantitative estimate of drug-likeness (QED) is 0.418. The van der Waals surface area contributed by atoms with Crippen LogP contribution in [0.15, 0.2) is 65.7 Å². The molecule has 3 aromatic heterocycles. The number of benzene rings is 2. The standard InChI is InChI=1S/C16H10N8O2S2/c17-13-21-23-15(25-13)27-11-12(28-16-24-22-14(18)26-16)20-10-6-8-4-2-1-3-7(8)5-9(10)19-11/h1-6H,(H2,17,21)(H2,18,22). The molecule has 0 atom stereocenters. The Balaban J connectivity index is 1.65. The molecule has 0 unspecified atom stereocenters. The third-order valence-electron chi connectivity index (χ3n) is 3.68. The number of nitrogens with zero attached hydrogens (tertiary/aromatic N) is 6. The molecule has 2 aromatic carbocycles. The first-order chi connectivity index (χ1) is 13.6. The molecule has 0 saturated carbocycles. The fourth-order valence-corrected chi connectivity index (χ4v) is 4.08. The van der Waals surface area contributed by atoms with Crippen LogP contribution >= 0.6 is 23.5 Å². The van der Waals surface area contributed by atoms with E-state index in [1.165, 1.54) is 0 Å². The number of fused-ring (bicyclic) bond motifs is 2. The number of nitrogens with two attached hydrogens (primary N) is 2. The van der Waals surface area contributed by atoms with Gasteiger partial charge in [-0.3, -0.25) is 0 Å². The lowest BCUT2D eigenvalue weighted by Crippen LogP contribution is -1.93. The highest BCUT2D eigenvalue weighted by Gasteiger charge is 2.18. The van der Waals surface area contributed by atoms with Gasteiger partial charge in [-0.2, -0.15) is 0 Å². The predicted molar refractivity (Wildman–Crippen MR) is 103 cm³/mol. The first kappa shape index (κ1) is 16.8. The fourth-order valence-electron chi connectivity index (χ4n) is 2.53. The molecule has 138 valence electrons. The second kappa shape index (κ2) is 6.65. The topological polar surface area (TPSA) is 156 Å². The van der Waals surface area contributed by atoms with Crippen molar-refractivity contribution in [3.8, 4) is 0 Å². The largest absolute Gasteiger partial charge is 0.398 e. The minimum Gasteiger partial charge on any atom is -0.398 e. The van der Waals surface area contributed by atoms with Gasteiger partial charge in [0.15, 0.2) is 0 Å². The summed E-state index contributed by atoms with van der Waals surface area (Å²) in [7, 11) is 0. The van der Waals surface area contributed by atoms with E-state index in [1.807, 2.05) is 36.4 Å². The van der Waals surface area contributed by atoms with Gasteiger partial charge in [0, 0.05) is 0 Å². The van der Waals surface area contributed by atoms with E-state index in [9.17, 15) is 0 Å². The Labute approximate surface area is 165 Å². The Hall–Kier alpha value is -3.38. The molecule has 0 aliphatic rings. The molecular weight excluding hydrogens is 400 g/mol. The minimum atomic E-state index is -0.0267.